The molecule has 0 spiro atoms. The van der Waals surface area contributed by atoms with Gasteiger partial charge >= 0.3 is 6.18 Å². The molecule has 26 heavy (non-hydrogen) atoms. The highest BCUT2D eigenvalue weighted by Gasteiger charge is 2.35. The van der Waals surface area contributed by atoms with Crippen LogP contribution >= 0.6 is 23.2 Å². The van der Waals surface area contributed by atoms with Crippen LogP contribution in [0.5, 0.6) is 0 Å². The molecule has 0 atom stereocenters. The summed E-state index contributed by atoms with van der Waals surface area (Å²) < 4.78 is 41.4. The van der Waals surface area contributed by atoms with Gasteiger partial charge in [-0.15, -0.1) is 0 Å². The van der Waals surface area contributed by atoms with E-state index >= 15 is 0 Å². The van der Waals surface area contributed by atoms with Gasteiger partial charge in [0.1, 0.15) is 0 Å². The molecule has 4 aromatic rings. The Morgan fingerprint density at radius 1 is 1.04 bits per heavy atom. The van der Waals surface area contributed by atoms with Gasteiger partial charge in [-0.05, 0) is 24.3 Å². The number of hydrogen-bond acceptors (Lipinski definition) is 3. The summed E-state index contributed by atoms with van der Waals surface area (Å²) in [5, 5.41) is 10.9. The lowest BCUT2D eigenvalue weighted by Crippen LogP contribution is -2.13. The van der Waals surface area contributed by atoms with Crippen LogP contribution in [0.4, 0.5) is 13.2 Å². The van der Waals surface area contributed by atoms with Crippen LogP contribution in [-0.2, 0) is 6.18 Å². The van der Waals surface area contributed by atoms with E-state index in [1.54, 1.807) is 12.1 Å². The highest BCUT2D eigenvalue weighted by atomic mass is 35.5. The van der Waals surface area contributed by atoms with Crippen molar-refractivity contribution in [3.8, 4) is 22.5 Å². The molecule has 0 aliphatic heterocycles. The zero-order valence-electron chi connectivity index (χ0n) is 12.7. The molecule has 0 unspecified atom stereocenters. The van der Waals surface area contributed by atoms with E-state index in [1.807, 2.05) is 0 Å². The van der Waals surface area contributed by atoms with Crippen LogP contribution < -0.4 is 0 Å². The molecular formula is C16H8Cl2F3N5. The zero-order valence-corrected chi connectivity index (χ0v) is 14.2. The number of alkyl halides is 3. The third-order valence-corrected chi connectivity index (χ3v) is 4.51. The number of hydrogen-bond donors (Lipinski definition) is 1. The maximum absolute atomic E-state index is 13.6. The summed E-state index contributed by atoms with van der Waals surface area (Å²) in [4.78, 5) is 4.36. The minimum Gasteiger partial charge on any atom is -0.278 e. The van der Waals surface area contributed by atoms with Crippen LogP contribution in [0.15, 0.2) is 42.7 Å². The molecule has 0 aliphatic carbocycles. The first-order valence-electron chi connectivity index (χ1n) is 7.26. The molecule has 0 saturated carbocycles. The molecule has 1 aromatic carbocycles. The molecule has 3 aromatic heterocycles. The quantitative estimate of drug-likeness (QED) is 0.511. The summed E-state index contributed by atoms with van der Waals surface area (Å²) in [6, 6.07) is 7.08. The van der Waals surface area contributed by atoms with Crippen molar-refractivity contribution in [2.24, 2.45) is 0 Å². The molecule has 0 radical (unpaired) electrons. The van der Waals surface area contributed by atoms with E-state index in [0.29, 0.717) is 21.8 Å². The Hall–Kier alpha value is -2.58. The second kappa shape index (κ2) is 6.00. The molecule has 0 bridgehead atoms. The van der Waals surface area contributed by atoms with Crippen molar-refractivity contribution < 1.29 is 13.2 Å². The summed E-state index contributed by atoms with van der Waals surface area (Å²) in [5.41, 5.74) is 0.509. The van der Waals surface area contributed by atoms with Crippen LogP contribution in [0.25, 0.3) is 28.2 Å². The van der Waals surface area contributed by atoms with Gasteiger partial charge in [-0.2, -0.15) is 23.4 Å². The molecule has 5 nitrogen and oxygen atoms in total. The summed E-state index contributed by atoms with van der Waals surface area (Å²) in [6.45, 7) is 0. The van der Waals surface area contributed by atoms with Crippen molar-refractivity contribution in [1.29, 1.82) is 0 Å². The topological polar surface area (TPSA) is 58.9 Å². The molecule has 0 amide bonds. The maximum atomic E-state index is 13.6. The van der Waals surface area contributed by atoms with Crippen LogP contribution in [0.2, 0.25) is 10.0 Å². The van der Waals surface area contributed by atoms with Gasteiger partial charge < -0.3 is 0 Å². The minimum atomic E-state index is -4.62. The maximum Gasteiger partial charge on any atom is 0.433 e. The van der Waals surface area contributed by atoms with Crippen molar-refractivity contribution in [2.45, 2.75) is 6.18 Å². The SMILES string of the molecule is FC(F)(F)c1cc(-c2ccc(Cl)c(Cl)c2)nc2c(-c3ccn[nH]3)cnn12. The predicted molar refractivity (Wildman–Crippen MR) is 91.0 cm³/mol. The molecule has 0 fully saturated rings. The highest BCUT2D eigenvalue weighted by molar-refractivity contribution is 6.42. The Labute approximate surface area is 154 Å². The van der Waals surface area contributed by atoms with Gasteiger partial charge in [0, 0.05) is 11.8 Å². The van der Waals surface area contributed by atoms with Crippen LogP contribution in [0.1, 0.15) is 5.69 Å². The van der Waals surface area contributed by atoms with E-state index in [9.17, 15) is 13.2 Å². The Balaban J connectivity index is 2.02. The number of benzene rings is 1. The summed E-state index contributed by atoms with van der Waals surface area (Å²) >= 11 is 11.9. The van der Waals surface area contributed by atoms with Crippen molar-refractivity contribution in [3.05, 3.63) is 58.5 Å². The smallest absolute Gasteiger partial charge is 0.278 e. The molecule has 4 rings (SSSR count). The zero-order chi connectivity index (χ0) is 18.5. The van der Waals surface area contributed by atoms with Crippen molar-refractivity contribution in [2.75, 3.05) is 0 Å². The highest BCUT2D eigenvalue weighted by Crippen LogP contribution is 2.35. The third kappa shape index (κ3) is 2.81. The number of aromatic amines is 1. The lowest BCUT2D eigenvalue weighted by Gasteiger charge is -2.12. The summed E-state index contributed by atoms with van der Waals surface area (Å²) in [5.74, 6) is 0. The number of halogens is 5. The van der Waals surface area contributed by atoms with Crippen LogP contribution in [0, 0.1) is 0 Å². The van der Waals surface area contributed by atoms with E-state index in [1.165, 1.54) is 24.5 Å². The molecule has 1 N–H and O–H groups in total. The fraction of sp³-hybridized carbons (Fsp3) is 0.0625. The molecule has 0 aliphatic rings. The first-order chi connectivity index (χ1) is 12.3. The molecule has 10 heteroatoms. The van der Waals surface area contributed by atoms with E-state index in [0.717, 1.165) is 10.6 Å². The number of rotatable bonds is 2. The average molecular weight is 398 g/mol. The van der Waals surface area contributed by atoms with Crippen molar-refractivity contribution in [1.82, 2.24) is 24.8 Å². The van der Waals surface area contributed by atoms with E-state index < -0.39 is 11.9 Å². The number of aromatic nitrogens is 5. The fourth-order valence-electron chi connectivity index (χ4n) is 2.56. The summed E-state index contributed by atoms with van der Waals surface area (Å²) in [7, 11) is 0. The Bertz CT molecular complexity index is 1100. The number of nitrogens with one attached hydrogen (secondary N) is 1. The fourth-order valence-corrected chi connectivity index (χ4v) is 2.86. The predicted octanol–water partition coefficient (Wildman–Crippen LogP) is 5.11. The largest absolute Gasteiger partial charge is 0.433 e. The molecule has 132 valence electrons. The summed E-state index contributed by atoms with van der Waals surface area (Å²) in [6.07, 6.45) is -1.82. The lowest BCUT2D eigenvalue weighted by molar-refractivity contribution is -0.142. The van der Waals surface area contributed by atoms with Gasteiger partial charge in [-0.1, -0.05) is 29.3 Å². The standard InChI is InChI=1S/C16H8Cl2F3N5/c17-10-2-1-8(5-11(10)18)13-6-14(16(19,20)21)26-15(24-13)9(7-23-26)12-3-4-22-25-12/h1-7H,(H,22,25). The van der Waals surface area contributed by atoms with Gasteiger partial charge in [0.25, 0.3) is 0 Å². The first kappa shape index (κ1) is 16.9. The van der Waals surface area contributed by atoms with E-state index in [2.05, 4.69) is 20.3 Å². The molecule has 3 heterocycles. The van der Waals surface area contributed by atoms with Crippen LogP contribution in [-0.4, -0.2) is 24.8 Å². The van der Waals surface area contributed by atoms with Crippen molar-refractivity contribution >= 4 is 28.8 Å². The van der Waals surface area contributed by atoms with Crippen LogP contribution in [0.3, 0.4) is 0 Å². The third-order valence-electron chi connectivity index (χ3n) is 3.77. The van der Waals surface area contributed by atoms with E-state index in [4.69, 9.17) is 23.2 Å². The monoisotopic (exact) mass is 397 g/mol. The van der Waals surface area contributed by atoms with Crippen molar-refractivity contribution in [3.63, 3.8) is 0 Å². The van der Waals surface area contributed by atoms with E-state index in [-0.39, 0.29) is 16.4 Å². The van der Waals surface area contributed by atoms with Gasteiger partial charge in [0.2, 0.25) is 0 Å². The first-order valence-corrected chi connectivity index (χ1v) is 8.01. The molecular weight excluding hydrogens is 390 g/mol. The minimum absolute atomic E-state index is 0.0464. The Morgan fingerprint density at radius 3 is 2.50 bits per heavy atom. The normalized spacial score (nSPS) is 12.0. The van der Waals surface area contributed by atoms with Gasteiger partial charge in [0.15, 0.2) is 11.3 Å². The van der Waals surface area contributed by atoms with Gasteiger partial charge in [-0.3, -0.25) is 5.10 Å². The second-order valence-corrected chi connectivity index (χ2v) is 6.23. The number of fused-ring (bicyclic) bond motifs is 1. The Kier molecular flexibility index (Phi) is 3.89. The van der Waals surface area contributed by atoms with Gasteiger partial charge in [0.05, 0.1) is 33.2 Å². The average Bonchev–Trinajstić information content (AvgIpc) is 3.24. The second-order valence-electron chi connectivity index (χ2n) is 5.42. The molecule has 0 saturated heterocycles. The number of nitrogens with zero attached hydrogens (tertiary/aromatic N) is 4. The van der Waals surface area contributed by atoms with Gasteiger partial charge in [-0.25, -0.2) is 9.50 Å². The number of H-pyrrole nitrogens is 1. The lowest BCUT2D eigenvalue weighted by atomic mass is 10.1. The Morgan fingerprint density at radius 2 is 1.85 bits per heavy atom.